The predicted octanol–water partition coefficient (Wildman–Crippen LogP) is 2.21. The zero-order valence-corrected chi connectivity index (χ0v) is 12.7. The molecule has 0 saturated carbocycles. The van der Waals surface area contributed by atoms with Gasteiger partial charge in [0.25, 0.3) is 0 Å². The normalized spacial score (nSPS) is 15.2. The van der Waals surface area contributed by atoms with Gasteiger partial charge in [-0.1, -0.05) is 6.07 Å². The first kappa shape index (κ1) is 14.3. The summed E-state index contributed by atoms with van der Waals surface area (Å²) in [6.45, 7) is 2.94. The van der Waals surface area contributed by atoms with Crippen LogP contribution in [0, 0.1) is 0 Å². The highest BCUT2D eigenvalue weighted by Gasteiger charge is 2.19. The van der Waals surface area contributed by atoms with E-state index in [-0.39, 0.29) is 11.7 Å². The van der Waals surface area contributed by atoms with Gasteiger partial charge in [0, 0.05) is 19.6 Å². The standard InChI is InChI=1S/C14H19BrN2O2/c1-16(10-14(19)17-6-2-3-7-17)9-11-4-5-13(18)12(15)8-11/h4-5,8,18H,2-3,6-7,9-10H2,1H3. The van der Waals surface area contributed by atoms with E-state index in [2.05, 4.69) is 15.9 Å². The summed E-state index contributed by atoms with van der Waals surface area (Å²) in [6.07, 6.45) is 2.25. The van der Waals surface area contributed by atoms with Gasteiger partial charge in [-0.3, -0.25) is 9.69 Å². The molecule has 2 rings (SSSR count). The molecule has 1 aliphatic heterocycles. The molecule has 1 N–H and O–H groups in total. The molecular weight excluding hydrogens is 308 g/mol. The monoisotopic (exact) mass is 326 g/mol. The SMILES string of the molecule is CN(CC(=O)N1CCCC1)Cc1ccc(O)c(Br)c1. The summed E-state index contributed by atoms with van der Waals surface area (Å²) >= 11 is 3.30. The van der Waals surface area contributed by atoms with Crippen LogP contribution in [0.4, 0.5) is 0 Å². The fourth-order valence-corrected chi connectivity index (χ4v) is 2.74. The third kappa shape index (κ3) is 3.94. The molecule has 0 atom stereocenters. The maximum Gasteiger partial charge on any atom is 0.236 e. The summed E-state index contributed by atoms with van der Waals surface area (Å²) in [4.78, 5) is 15.9. The van der Waals surface area contributed by atoms with E-state index in [9.17, 15) is 9.90 Å². The minimum Gasteiger partial charge on any atom is -0.507 e. The lowest BCUT2D eigenvalue weighted by Crippen LogP contribution is -2.36. The number of hydrogen-bond donors (Lipinski definition) is 1. The lowest BCUT2D eigenvalue weighted by atomic mass is 10.2. The van der Waals surface area contributed by atoms with Gasteiger partial charge in [-0.15, -0.1) is 0 Å². The molecule has 19 heavy (non-hydrogen) atoms. The first-order valence-electron chi connectivity index (χ1n) is 6.50. The van der Waals surface area contributed by atoms with Crippen LogP contribution in [0.25, 0.3) is 0 Å². The van der Waals surface area contributed by atoms with Crippen molar-refractivity contribution >= 4 is 21.8 Å². The largest absolute Gasteiger partial charge is 0.507 e. The number of likely N-dealkylation sites (tertiary alicyclic amines) is 1. The molecule has 0 bridgehead atoms. The zero-order valence-electron chi connectivity index (χ0n) is 11.1. The van der Waals surface area contributed by atoms with Crippen molar-refractivity contribution in [1.29, 1.82) is 0 Å². The van der Waals surface area contributed by atoms with Crippen molar-refractivity contribution in [3.63, 3.8) is 0 Å². The van der Waals surface area contributed by atoms with E-state index in [0.717, 1.165) is 31.5 Å². The van der Waals surface area contributed by atoms with Crippen molar-refractivity contribution in [2.24, 2.45) is 0 Å². The molecule has 0 aliphatic carbocycles. The first-order valence-corrected chi connectivity index (χ1v) is 7.29. The Kier molecular flexibility index (Phi) is 4.82. The van der Waals surface area contributed by atoms with Gasteiger partial charge < -0.3 is 10.0 Å². The average Bonchev–Trinajstić information content (AvgIpc) is 2.87. The molecule has 5 heteroatoms. The predicted molar refractivity (Wildman–Crippen MR) is 78.0 cm³/mol. The number of halogens is 1. The Hall–Kier alpha value is -1.07. The molecule has 1 fully saturated rings. The van der Waals surface area contributed by atoms with E-state index < -0.39 is 0 Å². The maximum absolute atomic E-state index is 12.0. The van der Waals surface area contributed by atoms with Crippen molar-refractivity contribution in [2.75, 3.05) is 26.7 Å². The zero-order chi connectivity index (χ0) is 13.8. The number of carbonyl (C=O) groups excluding carboxylic acids is 1. The molecule has 1 aromatic rings. The maximum atomic E-state index is 12.0. The van der Waals surface area contributed by atoms with Crippen LogP contribution in [0.5, 0.6) is 5.75 Å². The number of aromatic hydroxyl groups is 1. The fraction of sp³-hybridized carbons (Fsp3) is 0.500. The van der Waals surface area contributed by atoms with Crippen LogP contribution in [0.2, 0.25) is 0 Å². The quantitative estimate of drug-likeness (QED) is 0.922. The topological polar surface area (TPSA) is 43.8 Å². The second kappa shape index (κ2) is 6.39. The Labute approximate surface area is 122 Å². The van der Waals surface area contributed by atoms with Crippen LogP contribution in [0.3, 0.4) is 0 Å². The molecule has 1 aliphatic rings. The van der Waals surface area contributed by atoms with Crippen LogP contribution in [0.1, 0.15) is 18.4 Å². The molecule has 1 heterocycles. The van der Waals surface area contributed by atoms with Gasteiger partial charge in [0.15, 0.2) is 0 Å². The molecule has 0 radical (unpaired) electrons. The van der Waals surface area contributed by atoms with Crippen molar-refractivity contribution in [3.05, 3.63) is 28.2 Å². The van der Waals surface area contributed by atoms with Crippen LogP contribution < -0.4 is 0 Å². The average molecular weight is 327 g/mol. The molecular formula is C14H19BrN2O2. The van der Waals surface area contributed by atoms with Crippen LogP contribution in [-0.4, -0.2) is 47.5 Å². The number of phenols is 1. The number of carbonyl (C=O) groups is 1. The number of nitrogens with zero attached hydrogens (tertiary/aromatic N) is 2. The minimum atomic E-state index is 0.206. The summed E-state index contributed by atoms with van der Waals surface area (Å²) in [7, 11) is 1.94. The van der Waals surface area contributed by atoms with E-state index in [1.165, 1.54) is 0 Å². The van der Waals surface area contributed by atoms with Gasteiger partial charge in [-0.25, -0.2) is 0 Å². The lowest BCUT2D eigenvalue weighted by molar-refractivity contribution is -0.131. The van der Waals surface area contributed by atoms with Gasteiger partial charge in [-0.2, -0.15) is 0 Å². The Balaban J connectivity index is 1.87. The summed E-state index contributed by atoms with van der Waals surface area (Å²) < 4.78 is 0.685. The second-order valence-corrected chi connectivity index (χ2v) is 5.90. The fourth-order valence-electron chi connectivity index (χ4n) is 2.31. The molecule has 0 unspecified atom stereocenters. The van der Waals surface area contributed by atoms with E-state index >= 15 is 0 Å². The highest BCUT2D eigenvalue weighted by atomic mass is 79.9. The van der Waals surface area contributed by atoms with Gasteiger partial charge in [0.2, 0.25) is 5.91 Å². The van der Waals surface area contributed by atoms with E-state index in [1.807, 2.05) is 29.0 Å². The molecule has 0 spiro atoms. The summed E-state index contributed by atoms with van der Waals surface area (Å²) in [5.41, 5.74) is 1.07. The van der Waals surface area contributed by atoms with Gasteiger partial charge in [0.05, 0.1) is 11.0 Å². The Morgan fingerprint density at radius 2 is 2.11 bits per heavy atom. The van der Waals surface area contributed by atoms with Gasteiger partial charge in [0.1, 0.15) is 5.75 Å². The number of amides is 1. The third-order valence-electron chi connectivity index (χ3n) is 3.33. The molecule has 1 saturated heterocycles. The van der Waals surface area contributed by atoms with Crippen LogP contribution in [-0.2, 0) is 11.3 Å². The van der Waals surface area contributed by atoms with Gasteiger partial charge >= 0.3 is 0 Å². The van der Waals surface area contributed by atoms with E-state index in [0.29, 0.717) is 17.6 Å². The van der Waals surface area contributed by atoms with Crippen molar-refractivity contribution in [2.45, 2.75) is 19.4 Å². The number of hydrogen-bond acceptors (Lipinski definition) is 3. The summed E-state index contributed by atoms with van der Waals surface area (Å²) in [5.74, 6) is 0.442. The molecule has 4 nitrogen and oxygen atoms in total. The Bertz CT molecular complexity index is 459. The highest BCUT2D eigenvalue weighted by Crippen LogP contribution is 2.24. The van der Waals surface area contributed by atoms with Crippen molar-refractivity contribution in [1.82, 2.24) is 9.80 Å². The minimum absolute atomic E-state index is 0.206. The number of rotatable bonds is 4. The summed E-state index contributed by atoms with van der Waals surface area (Å²) in [6, 6.07) is 5.42. The Morgan fingerprint density at radius 1 is 1.42 bits per heavy atom. The number of likely N-dealkylation sites (N-methyl/N-ethyl adjacent to an activating group) is 1. The second-order valence-electron chi connectivity index (χ2n) is 5.05. The highest BCUT2D eigenvalue weighted by molar-refractivity contribution is 9.10. The van der Waals surface area contributed by atoms with Crippen LogP contribution in [0.15, 0.2) is 22.7 Å². The third-order valence-corrected chi connectivity index (χ3v) is 3.96. The lowest BCUT2D eigenvalue weighted by Gasteiger charge is -2.21. The molecule has 0 aromatic heterocycles. The van der Waals surface area contributed by atoms with E-state index in [4.69, 9.17) is 0 Å². The smallest absolute Gasteiger partial charge is 0.236 e. The summed E-state index contributed by atoms with van der Waals surface area (Å²) in [5, 5.41) is 9.45. The first-order chi connectivity index (χ1) is 9.06. The molecule has 1 aromatic carbocycles. The molecule has 1 amide bonds. The van der Waals surface area contributed by atoms with Gasteiger partial charge in [-0.05, 0) is 53.5 Å². The van der Waals surface area contributed by atoms with Crippen molar-refractivity contribution in [3.8, 4) is 5.75 Å². The van der Waals surface area contributed by atoms with E-state index in [1.54, 1.807) is 6.07 Å². The molecule has 104 valence electrons. The Morgan fingerprint density at radius 3 is 2.74 bits per heavy atom. The number of benzene rings is 1. The van der Waals surface area contributed by atoms with Crippen LogP contribution >= 0.6 is 15.9 Å². The van der Waals surface area contributed by atoms with Crippen molar-refractivity contribution < 1.29 is 9.90 Å². The number of phenolic OH excluding ortho intramolecular Hbond substituents is 1.